The maximum atomic E-state index is 12.8. The molecule has 25 heavy (non-hydrogen) atoms. The van der Waals surface area contributed by atoms with Crippen LogP contribution in [0, 0.1) is 0 Å². The Hall–Kier alpha value is -1.80. The van der Waals surface area contributed by atoms with Gasteiger partial charge in [0.15, 0.2) is 0 Å². The lowest BCUT2D eigenvalue weighted by Gasteiger charge is -2.31. The monoisotopic (exact) mass is 361 g/mol. The highest BCUT2D eigenvalue weighted by Crippen LogP contribution is 2.51. The van der Waals surface area contributed by atoms with E-state index in [4.69, 9.17) is 0 Å². The van der Waals surface area contributed by atoms with Gasteiger partial charge in [-0.05, 0) is 44.2 Å². The lowest BCUT2D eigenvalue weighted by molar-refractivity contribution is 0.350. The number of aromatic nitrogens is 4. The van der Waals surface area contributed by atoms with Gasteiger partial charge in [0.1, 0.15) is 0 Å². The highest BCUT2D eigenvalue weighted by Gasteiger charge is 2.58. The number of sulfonamides is 1. The minimum Gasteiger partial charge on any atom is -0.259 e. The molecule has 0 radical (unpaired) electrons. The van der Waals surface area contributed by atoms with Crippen LogP contribution in [0.2, 0.25) is 0 Å². The van der Waals surface area contributed by atoms with Crippen LogP contribution in [0.4, 0.5) is 0 Å². The van der Waals surface area contributed by atoms with Gasteiger partial charge in [0.2, 0.25) is 10.0 Å². The zero-order valence-electron chi connectivity index (χ0n) is 14.4. The predicted molar refractivity (Wildman–Crippen MR) is 93.2 cm³/mol. The van der Waals surface area contributed by atoms with Crippen molar-refractivity contribution in [1.29, 1.82) is 0 Å². The SMILES string of the molecule is CC[C@@H](c1ccccn1)n1cc(CN2CCCC3(CC3)S2(=O)=O)nn1. The summed E-state index contributed by atoms with van der Waals surface area (Å²) in [6.45, 7) is 2.96. The Balaban J connectivity index is 1.53. The van der Waals surface area contributed by atoms with Crippen LogP contribution in [0.15, 0.2) is 30.6 Å². The summed E-state index contributed by atoms with van der Waals surface area (Å²) in [7, 11) is -3.21. The lowest BCUT2D eigenvalue weighted by atomic mass is 10.1. The largest absolute Gasteiger partial charge is 0.259 e. The van der Waals surface area contributed by atoms with Crippen LogP contribution in [-0.2, 0) is 16.6 Å². The van der Waals surface area contributed by atoms with Crippen LogP contribution in [0.25, 0.3) is 0 Å². The van der Waals surface area contributed by atoms with E-state index in [1.54, 1.807) is 15.2 Å². The van der Waals surface area contributed by atoms with Gasteiger partial charge in [-0.2, -0.15) is 4.31 Å². The molecule has 3 heterocycles. The van der Waals surface area contributed by atoms with Gasteiger partial charge < -0.3 is 0 Å². The number of pyridine rings is 1. The molecule has 7 nitrogen and oxygen atoms in total. The van der Waals surface area contributed by atoms with Gasteiger partial charge in [-0.15, -0.1) is 5.10 Å². The maximum Gasteiger partial charge on any atom is 0.220 e. The highest BCUT2D eigenvalue weighted by molar-refractivity contribution is 7.90. The van der Waals surface area contributed by atoms with Crippen LogP contribution < -0.4 is 0 Å². The van der Waals surface area contributed by atoms with E-state index in [0.29, 0.717) is 18.8 Å². The minimum atomic E-state index is -3.21. The average molecular weight is 361 g/mol. The molecule has 0 amide bonds. The second-order valence-electron chi connectivity index (χ2n) is 6.99. The normalized spacial score (nSPS) is 22.8. The fourth-order valence-corrected chi connectivity index (χ4v) is 5.98. The van der Waals surface area contributed by atoms with Crippen LogP contribution >= 0.6 is 0 Å². The van der Waals surface area contributed by atoms with Gasteiger partial charge >= 0.3 is 0 Å². The Kier molecular flexibility index (Phi) is 4.11. The molecule has 134 valence electrons. The van der Waals surface area contributed by atoms with Crippen molar-refractivity contribution in [3.8, 4) is 0 Å². The summed E-state index contributed by atoms with van der Waals surface area (Å²) >= 11 is 0. The first-order chi connectivity index (χ1) is 12.1. The fourth-order valence-electron chi connectivity index (χ4n) is 3.74. The molecule has 1 aliphatic carbocycles. The molecule has 1 saturated carbocycles. The lowest BCUT2D eigenvalue weighted by Crippen LogP contribution is -2.44. The summed E-state index contributed by atoms with van der Waals surface area (Å²) in [6, 6.07) is 5.83. The molecule has 2 fully saturated rings. The third-order valence-electron chi connectivity index (χ3n) is 5.37. The van der Waals surface area contributed by atoms with Gasteiger partial charge in [-0.1, -0.05) is 18.2 Å². The van der Waals surface area contributed by atoms with Gasteiger partial charge in [0, 0.05) is 12.7 Å². The number of nitrogens with zero attached hydrogens (tertiary/aromatic N) is 5. The molecule has 0 bridgehead atoms. The molecule has 2 aliphatic rings. The Morgan fingerprint density at radius 3 is 2.80 bits per heavy atom. The Morgan fingerprint density at radius 2 is 2.12 bits per heavy atom. The van der Waals surface area contributed by atoms with Gasteiger partial charge in [0.05, 0.1) is 34.9 Å². The molecule has 4 rings (SSSR count). The second-order valence-corrected chi connectivity index (χ2v) is 9.33. The summed E-state index contributed by atoms with van der Waals surface area (Å²) in [5.41, 5.74) is 1.62. The van der Waals surface area contributed by atoms with Crippen molar-refractivity contribution in [2.75, 3.05) is 6.54 Å². The first-order valence-corrected chi connectivity index (χ1v) is 10.3. The van der Waals surface area contributed by atoms with Crippen LogP contribution in [0.1, 0.15) is 56.5 Å². The van der Waals surface area contributed by atoms with Crippen molar-refractivity contribution in [3.05, 3.63) is 42.0 Å². The summed E-state index contributed by atoms with van der Waals surface area (Å²) in [5, 5.41) is 8.45. The van der Waals surface area contributed by atoms with Crippen molar-refractivity contribution in [2.24, 2.45) is 0 Å². The van der Waals surface area contributed by atoms with E-state index in [1.165, 1.54) is 0 Å². The molecular formula is C17H23N5O2S. The first kappa shape index (κ1) is 16.7. The molecule has 2 aromatic rings. The molecule has 1 spiro atoms. The van der Waals surface area contributed by atoms with E-state index in [0.717, 1.165) is 37.8 Å². The van der Waals surface area contributed by atoms with Crippen molar-refractivity contribution >= 4 is 10.0 Å². The summed E-state index contributed by atoms with van der Waals surface area (Å²) in [4.78, 5) is 4.41. The van der Waals surface area contributed by atoms with Crippen molar-refractivity contribution < 1.29 is 8.42 Å². The molecule has 1 saturated heterocycles. The van der Waals surface area contributed by atoms with Crippen LogP contribution in [0.3, 0.4) is 0 Å². The topological polar surface area (TPSA) is 81.0 Å². The second kappa shape index (κ2) is 6.17. The van der Waals surface area contributed by atoms with Gasteiger partial charge in [-0.3, -0.25) is 4.98 Å². The molecule has 8 heteroatoms. The van der Waals surface area contributed by atoms with E-state index >= 15 is 0 Å². The average Bonchev–Trinajstić information content (AvgIpc) is 3.27. The number of hydrogen-bond acceptors (Lipinski definition) is 5. The number of rotatable bonds is 5. The first-order valence-electron chi connectivity index (χ1n) is 8.87. The van der Waals surface area contributed by atoms with E-state index in [-0.39, 0.29) is 6.04 Å². The third kappa shape index (κ3) is 2.87. The van der Waals surface area contributed by atoms with Gasteiger partial charge in [-0.25, -0.2) is 13.1 Å². The minimum absolute atomic E-state index is 0.00943. The third-order valence-corrected chi connectivity index (χ3v) is 8.06. The van der Waals surface area contributed by atoms with Crippen molar-refractivity contribution in [3.63, 3.8) is 0 Å². The highest BCUT2D eigenvalue weighted by atomic mass is 32.2. The maximum absolute atomic E-state index is 12.8. The van der Waals surface area contributed by atoms with Gasteiger partial charge in [0.25, 0.3) is 0 Å². The molecule has 0 N–H and O–H groups in total. The molecule has 0 unspecified atom stereocenters. The Labute approximate surface area is 148 Å². The molecule has 1 atom stereocenters. The Bertz CT molecular complexity index is 845. The predicted octanol–water partition coefficient (Wildman–Crippen LogP) is 2.13. The summed E-state index contributed by atoms with van der Waals surface area (Å²) < 4.78 is 28.5. The van der Waals surface area contributed by atoms with E-state index in [2.05, 4.69) is 22.2 Å². The summed E-state index contributed by atoms with van der Waals surface area (Å²) in [5.74, 6) is 0. The zero-order chi connectivity index (χ0) is 17.5. The molecule has 0 aromatic carbocycles. The standard InChI is InChI=1S/C17H23N5O2S/c1-2-16(15-6-3-4-10-18-15)22-13-14(19-20-22)12-21-11-5-7-17(8-9-17)25(21,23)24/h3-4,6,10,13,16H,2,5,7-9,11-12H2,1H3/t16-/m0/s1. The van der Waals surface area contributed by atoms with Crippen LogP contribution in [0.5, 0.6) is 0 Å². The number of hydrogen-bond donors (Lipinski definition) is 0. The molecule has 1 aliphatic heterocycles. The molecule has 2 aromatic heterocycles. The summed E-state index contributed by atoms with van der Waals surface area (Å²) in [6.07, 6.45) is 7.80. The van der Waals surface area contributed by atoms with E-state index in [1.807, 2.05) is 24.4 Å². The fraction of sp³-hybridized carbons (Fsp3) is 0.588. The Morgan fingerprint density at radius 1 is 1.28 bits per heavy atom. The van der Waals surface area contributed by atoms with E-state index < -0.39 is 14.8 Å². The smallest absolute Gasteiger partial charge is 0.220 e. The van der Waals surface area contributed by atoms with Crippen molar-refractivity contribution in [1.82, 2.24) is 24.3 Å². The van der Waals surface area contributed by atoms with Crippen LogP contribution in [-0.4, -0.2) is 44.0 Å². The quantitative estimate of drug-likeness (QED) is 0.815. The zero-order valence-corrected chi connectivity index (χ0v) is 15.2. The molecular weight excluding hydrogens is 338 g/mol. The van der Waals surface area contributed by atoms with E-state index in [9.17, 15) is 8.42 Å². The van der Waals surface area contributed by atoms with Crippen molar-refractivity contribution in [2.45, 2.75) is 56.4 Å².